The Bertz CT molecular complexity index is 1510. The van der Waals surface area contributed by atoms with Crippen LogP contribution in [0.15, 0.2) is 85.3 Å². The van der Waals surface area contributed by atoms with Crippen LogP contribution in [0.4, 0.5) is 5.69 Å². The Morgan fingerprint density at radius 2 is 1.55 bits per heavy atom. The van der Waals surface area contributed by atoms with Crippen molar-refractivity contribution in [3.05, 3.63) is 90.9 Å². The van der Waals surface area contributed by atoms with E-state index in [0.717, 1.165) is 36.0 Å². The summed E-state index contributed by atoms with van der Waals surface area (Å²) in [6.45, 7) is 3.62. The standard InChI is InChI=1S/C27H29N5O2.C4H4O4/c28-10-7-22-18-30-26-6-5-24(17-25(22)26)34-19-27(33)32-15-13-31(14-16-32)23-3-1-20(2-4-23)21-8-11-29-12-9-21;5-3(6)1-2-4(7)8/h1-6,8-9,11-12,17-18,30H,7,10,13-16,19,28H2;1-2H,(H,5,6)(H,7,8). The molecular formula is C31H33N5O6. The average molecular weight is 572 g/mol. The number of anilines is 1. The second kappa shape index (κ2) is 14.5. The van der Waals surface area contributed by atoms with Gasteiger partial charge in [-0.25, -0.2) is 9.59 Å². The van der Waals surface area contributed by atoms with Gasteiger partial charge in [-0.3, -0.25) is 9.78 Å². The van der Waals surface area contributed by atoms with E-state index in [1.165, 1.54) is 16.8 Å². The number of amides is 1. The Labute approximate surface area is 242 Å². The lowest BCUT2D eigenvalue weighted by molar-refractivity contribution is -0.134. The molecule has 42 heavy (non-hydrogen) atoms. The zero-order valence-corrected chi connectivity index (χ0v) is 23.0. The van der Waals surface area contributed by atoms with Crippen LogP contribution in [0, 0.1) is 0 Å². The van der Waals surface area contributed by atoms with Gasteiger partial charge in [0, 0.05) is 73.5 Å². The Kier molecular flexibility index (Phi) is 10.3. The number of fused-ring (bicyclic) bond motifs is 1. The first-order valence-electron chi connectivity index (χ1n) is 13.4. The van der Waals surface area contributed by atoms with Crippen molar-refractivity contribution in [2.45, 2.75) is 6.42 Å². The first kappa shape index (κ1) is 29.8. The summed E-state index contributed by atoms with van der Waals surface area (Å²) in [6.07, 6.45) is 7.52. The van der Waals surface area contributed by atoms with Crippen LogP contribution in [0.5, 0.6) is 5.75 Å². The van der Waals surface area contributed by atoms with E-state index in [2.05, 4.69) is 39.1 Å². The lowest BCUT2D eigenvalue weighted by Gasteiger charge is -2.36. The number of nitrogens with two attached hydrogens (primary N) is 1. The van der Waals surface area contributed by atoms with Crippen molar-refractivity contribution in [1.29, 1.82) is 0 Å². The number of aromatic nitrogens is 2. The van der Waals surface area contributed by atoms with Crippen molar-refractivity contribution in [2.75, 3.05) is 44.2 Å². The zero-order valence-electron chi connectivity index (χ0n) is 23.0. The van der Waals surface area contributed by atoms with Gasteiger partial charge in [0.05, 0.1) is 0 Å². The third kappa shape index (κ3) is 8.18. The summed E-state index contributed by atoms with van der Waals surface area (Å²) in [4.78, 5) is 43.4. The van der Waals surface area contributed by atoms with Gasteiger partial charge < -0.3 is 35.5 Å². The summed E-state index contributed by atoms with van der Waals surface area (Å²) >= 11 is 0. The molecule has 4 aromatic rings. The minimum Gasteiger partial charge on any atom is -0.484 e. The molecule has 0 spiro atoms. The lowest BCUT2D eigenvalue weighted by atomic mass is 10.1. The second-order valence-corrected chi connectivity index (χ2v) is 9.51. The number of piperazine rings is 1. The molecule has 218 valence electrons. The highest BCUT2D eigenvalue weighted by molar-refractivity contribution is 5.89. The number of H-pyrrole nitrogens is 1. The zero-order chi connectivity index (χ0) is 29.9. The summed E-state index contributed by atoms with van der Waals surface area (Å²) in [6, 6.07) is 18.4. The van der Waals surface area contributed by atoms with E-state index in [9.17, 15) is 14.4 Å². The van der Waals surface area contributed by atoms with Gasteiger partial charge >= 0.3 is 11.9 Å². The highest BCUT2D eigenvalue weighted by atomic mass is 16.5. The summed E-state index contributed by atoms with van der Waals surface area (Å²) in [7, 11) is 0. The molecule has 3 heterocycles. The normalized spacial score (nSPS) is 13.1. The monoisotopic (exact) mass is 571 g/mol. The molecule has 0 bridgehead atoms. The SMILES string of the molecule is NCCc1c[nH]c2ccc(OCC(=O)N3CCN(c4ccc(-c5ccncc5)cc4)CC3)cc12.O=C(O)C=CC(=O)O. The van der Waals surface area contributed by atoms with Gasteiger partial charge in [0.2, 0.25) is 0 Å². The van der Waals surface area contributed by atoms with Crippen LogP contribution in [-0.2, 0) is 20.8 Å². The summed E-state index contributed by atoms with van der Waals surface area (Å²) in [5.41, 5.74) is 11.4. The minimum absolute atomic E-state index is 0.0176. The number of pyridine rings is 1. The van der Waals surface area contributed by atoms with Gasteiger partial charge in [-0.1, -0.05) is 12.1 Å². The number of aromatic amines is 1. The summed E-state index contributed by atoms with van der Waals surface area (Å²) < 4.78 is 5.84. The Hall–Kier alpha value is -5.16. The Morgan fingerprint density at radius 3 is 2.17 bits per heavy atom. The number of nitrogens with zero attached hydrogens (tertiary/aromatic N) is 3. The number of nitrogens with one attached hydrogen (secondary N) is 1. The molecule has 2 aromatic carbocycles. The number of benzene rings is 2. The number of carboxylic acids is 2. The number of hydrogen-bond donors (Lipinski definition) is 4. The van der Waals surface area contributed by atoms with Gasteiger partial charge in [-0.05, 0) is 72.1 Å². The number of aliphatic carboxylic acids is 2. The van der Waals surface area contributed by atoms with Crippen molar-refractivity contribution < 1.29 is 29.3 Å². The van der Waals surface area contributed by atoms with Crippen molar-refractivity contribution in [3.8, 4) is 16.9 Å². The number of carbonyl (C=O) groups is 3. The molecule has 1 saturated heterocycles. The molecule has 1 fully saturated rings. The number of ether oxygens (including phenoxy) is 1. The van der Waals surface area contributed by atoms with Gasteiger partial charge in [0.1, 0.15) is 5.75 Å². The van der Waals surface area contributed by atoms with E-state index in [-0.39, 0.29) is 12.5 Å². The van der Waals surface area contributed by atoms with Gasteiger partial charge in [-0.2, -0.15) is 0 Å². The van der Waals surface area contributed by atoms with Crippen LogP contribution in [0.1, 0.15) is 5.56 Å². The van der Waals surface area contributed by atoms with Crippen LogP contribution in [0.2, 0.25) is 0 Å². The molecule has 0 atom stereocenters. The van der Waals surface area contributed by atoms with Crippen molar-refractivity contribution >= 4 is 34.4 Å². The van der Waals surface area contributed by atoms with Crippen LogP contribution in [0.25, 0.3) is 22.0 Å². The van der Waals surface area contributed by atoms with Crippen LogP contribution in [-0.4, -0.2) is 82.3 Å². The molecule has 0 radical (unpaired) electrons. The minimum atomic E-state index is -1.26. The van der Waals surface area contributed by atoms with Crippen LogP contribution in [0.3, 0.4) is 0 Å². The molecule has 5 rings (SSSR count). The summed E-state index contributed by atoms with van der Waals surface area (Å²) in [5.74, 6) is -1.80. The largest absolute Gasteiger partial charge is 0.484 e. The second-order valence-electron chi connectivity index (χ2n) is 9.51. The fourth-order valence-electron chi connectivity index (χ4n) is 4.61. The van der Waals surface area contributed by atoms with E-state index in [1.807, 2.05) is 41.4 Å². The van der Waals surface area contributed by atoms with Crippen molar-refractivity contribution in [2.24, 2.45) is 5.73 Å². The number of carboxylic acid groups (broad SMARTS) is 2. The number of hydrogen-bond acceptors (Lipinski definition) is 7. The molecule has 11 heteroatoms. The molecule has 1 amide bonds. The summed E-state index contributed by atoms with van der Waals surface area (Å²) in [5, 5.41) is 16.7. The first-order chi connectivity index (χ1) is 20.3. The highest BCUT2D eigenvalue weighted by Gasteiger charge is 2.22. The lowest BCUT2D eigenvalue weighted by Crippen LogP contribution is -2.50. The molecule has 0 aliphatic carbocycles. The maximum Gasteiger partial charge on any atom is 0.328 e. The van der Waals surface area contributed by atoms with Gasteiger partial charge in [-0.15, -0.1) is 0 Å². The first-order valence-corrected chi connectivity index (χ1v) is 13.4. The maximum atomic E-state index is 12.8. The van der Waals surface area contributed by atoms with E-state index in [1.54, 1.807) is 12.4 Å². The third-order valence-electron chi connectivity index (χ3n) is 6.76. The Morgan fingerprint density at radius 1 is 0.905 bits per heavy atom. The topological polar surface area (TPSA) is 162 Å². The molecule has 1 aliphatic rings. The van der Waals surface area contributed by atoms with Crippen LogP contribution >= 0.6 is 0 Å². The van der Waals surface area contributed by atoms with E-state index >= 15 is 0 Å². The van der Waals surface area contributed by atoms with E-state index < -0.39 is 11.9 Å². The molecule has 0 saturated carbocycles. The fraction of sp³-hybridized carbons (Fsp3) is 0.226. The highest BCUT2D eigenvalue weighted by Crippen LogP contribution is 2.25. The number of rotatable bonds is 9. The van der Waals surface area contributed by atoms with Crippen molar-refractivity contribution in [3.63, 3.8) is 0 Å². The van der Waals surface area contributed by atoms with E-state index in [0.29, 0.717) is 37.5 Å². The van der Waals surface area contributed by atoms with E-state index in [4.69, 9.17) is 20.7 Å². The quantitative estimate of drug-likeness (QED) is 0.221. The van der Waals surface area contributed by atoms with Crippen LogP contribution < -0.4 is 15.4 Å². The molecule has 1 aliphatic heterocycles. The van der Waals surface area contributed by atoms with Gasteiger partial charge in [0.15, 0.2) is 6.61 Å². The molecule has 0 unspecified atom stereocenters. The molecular weight excluding hydrogens is 538 g/mol. The molecule has 2 aromatic heterocycles. The Balaban J connectivity index is 0.000000446. The fourth-order valence-corrected chi connectivity index (χ4v) is 4.61. The van der Waals surface area contributed by atoms with Gasteiger partial charge in [0.25, 0.3) is 5.91 Å². The molecule has 11 nitrogen and oxygen atoms in total. The molecule has 5 N–H and O–H groups in total. The smallest absolute Gasteiger partial charge is 0.328 e. The van der Waals surface area contributed by atoms with Crippen molar-refractivity contribution in [1.82, 2.24) is 14.9 Å². The predicted octanol–water partition coefficient (Wildman–Crippen LogP) is 3.17. The number of carbonyl (C=O) groups excluding carboxylic acids is 1. The predicted molar refractivity (Wildman–Crippen MR) is 159 cm³/mol. The maximum absolute atomic E-state index is 12.8. The average Bonchev–Trinajstić information content (AvgIpc) is 3.42. The third-order valence-corrected chi connectivity index (χ3v) is 6.76.